The smallest absolute Gasteiger partial charge is 0.253 e. The molecule has 31 heavy (non-hydrogen) atoms. The Morgan fingerprint density at radius 1 is 1.03 bits per heavy atom. The van der Waals surface area contributed by atoms with E-state index in [0.717, 1.165) is 16.8 Å². The lowest BCUT2D eigenvalue weighted by Crippen LogP contribution is -2.51. The number of hydrogen-bond acceptors (Lipinski definition) is 4. The number of anilines is 1. The molecule has 0 aromatic heterocycles. The fourth-order valence-corrected chi connectivity index (χ4v) is 3.95. The van der Waals surface area contributed by atoms with Gasteiger partial charge in [-0.3, -0.25) is 14.5 Å². The quantitative estimate of drug-likeness (QED) is 0.690. The lowest BCUT2D eigenvalue weighted by Gasteiger charge is -2.35. The summed E-state index contributed by atoms with van der Waals surface area (Å²) >= 11 is 5.90. The predicted octanol–water partition coefficient (Wildman–Crippen LogP) is 3.66. The van der Waals surface area contributed by atoms with Crippen LogP contribution in [0.5, 0.6) is 0 Å². The number of halogens is 1. The van der Waals surface area contributed by atoms with Crippen LogP contribution in [-0.2, 0) is 4.79 Å². The van der Waals surface area contributed by atoms with E-state index in [9.17, 15) is 9.59 Å². The normalized spacial score (nSPS) is 14.2. The van der Waals surface area contributed by atoms with Crippen molar-refractivity contribution in [3.05, 3.63) is 64.2 Å². The molecule has 0 bridgehead atoms. The van der Waals surface area contributed by atoms with Crippen LogP contribution in [0.25, 0.3) is 0 Å². The van der Waals surface area contributed by atoms with Gasteiger partial charge in [0.05, 0.1) is 19.0 Å². The molecule has 0 spiro atoms. The van der Waals surface area contributed by atoms with E-state index in [0.29, 0.717) is 43.3 Å². The topological polar surface area (TPSA) is 67.7 Å². The Kier molecular flexibility index (Phi) is 7.67. The Morgan fingerprint density at radius 2 is 1.65 bits per heavy atom. The lowest BCUT2D eigenvalue weighted by molar-refractivity contribution is -0.120. The Bertz CT molecular complexity index is 956. The van der Waals surface area contributed by atoms with Gasteiger partial charge in [0, 0.05) is 49.0 Å². The highest BCUT2D eigenvalue weighted by molar-refractivity contribution is 6.30. The van der Waals surface area contributed by atoms with Crippen molar-refractivity contribution in [2.45, 2.75) is 20.3 Å². The maximum Gasteiger partial charge on any atom is 0.253 e. The summed E-state index contributed by atoms with van der Waals surface area (Å²) in [5.74, 6) is -0.0498. The maximum atomic E-state index is 13.1. The van der Waals surface area contributed by atoms with Gasteiger partial charge in [-0.2, -0.15) is 5.26 Å². The second kappa shape index (κ2) is 10.4. The molecule has 0 N–H and O–H groups in total. The van der Waals surface area contributed by atoms with Crippen LogP contribution in [0.15, 0.2) is 42.5 Å². The molecule has 3 rings (SSSR count). The van der Waals surface area contributed by atoms with Crippen molar-refractivity contribution < 1.29 is 9.59 Å². The number of piperazine rings is 1. The van der Waals surface area contributed by atoms with Crippen molar-refractivity contribution in [3.8, 4) is 6.07 Å². The van der Waals surface area contributed by atoms with E-state index in [-0.39, 0.29) is 24.8 Å². The van der Waals surface area contributed by atoms with E-state index in [1.807, 2.05) is 30.9 Å². The minimum absolute atomic E-state index is 0.0199. The molecule has 0 unspecified atom stereocenters. The fraction of sp³-hybridized carbons (Fsp3) is 0.375. The zero-order chi connectivity index (χ0) is 22.4. The third-order valence-electron chi connectivity index (χ3n) is 5.38. The van der Waals surface area contributed by atoms with Crippen LogP contribution in [0.4, 0.5) is 5.69 Å². The monoisotopic (exact) mass is 438 g/mol. The van der Waals surface area contributed by atoms with Crippen molar-refractivity contribution in [2.75, 3.05) is 44.2 Å². The number of benzene rings is 2. The third-order valence-corrected chi connectivity index (χ3v) is 5.63. The molecule has 0 radical (unpaired) electrons. The summed E-state index contributed by atoms with van der Waals surface area (Å²) in [5.41, 5.74) is 3.61. The zero-order valence-corrected chi connectivity index (χ0v) is 18.7. The number of carbonyl (C=O) groups is 2. The summed E-state index contributed by atoms with van der Waals surface area (Å²) in [6.45, 7) is 7.02. The number of nitriles is 1. The Balaban J connectivity index is 1.61. The molecule has 2 aromatic carbocycles. The first kappa shape index (κ1) is 22.8. The number of hydrogen-bond donors (Lipinski definition) is 0. The minimum atomic E-state index is -0.0299. The molecule has 1 fully saturated rings. The molecular formula is C24H27ClN4O2. The van der Waals surface area contributed by atoms with Gasteiger partial charge in [-0.05, 0) is 61.4 Å². The van der Waals surface area contributed by atoms with Crippen LogP contribution in [0, 0.1) is 25.2 Å². The fourth-order valence-electron chi connectivity index (χ4n) is 3.83. The molecule has 0 aliphatic carbocycles. The average Bonchev–Trinajstić information content (AvgIpc) is 2.74. The molecule has 1 aliphatic rings. The van der Waals surface area contributed by atoms with E-state index >= 15 is 0 Å². The first-order chi connectivity index (χ1) is 14.9. The first-order valence-corrected chi connectivity index (χ1v) is 10.8. The van der Waals surface area contributed by atoms with Crippen LogP contribution in [-0.4, -0.2) is 60.9 Å². The molecule has 6 nitrogen and oxygen atoms in total. The van der Waals surface area contributed by atoms with Crippen LogP contribution in [0.1, 0.15) is 27.9 Å². The van der Waals surface area contributed by atoms with Crippen LogP contribution < -0.4 is 4.90 Å². The van der Waals surface area contributed by atoms with E-state index in [1.165, 1.54) is 0 Å². The highest BCUT2D eigenvalue weighted by Gasteiger charge is 2.25. The van der Waals surface area contributed by atoms with Gasteiger partial charge in [0.1, 0.15) is 0 Å². The molecular weight excluding hydrogens is 412 g/mol. The van der Waals surface area contributed by atoms with Crippen molar-refractivity contribution in [1.29, 1.82) is 5.26 Å². The Hall–Kier alpha value is -2.88. The number of rotatable bonds is 6. The SMILES string of the molecule is Cc1cc(C)cc(N(CCC#N)C(=O)CN2CCN(C(=O)c3ccc(Cl)cc3)CC2)c1. The van der Waals surface area contributed by atoms with Crippen LogP contribution >= 0.6 is 11.6 Å². The lowest BCUT2D eigenvalue weighted by atomic mass is 10.1. The van der Waals surface area contributed by atoms with Crippen LogP contribution in [0.3, 0.4) is 0 Å². The third kappa shape index (κ3) is 6.06. The van der Waals surface area contributed by atoms with E-state index in [1.54, 1.807) is 29.2 Å². The highest BCUT2D eigenvalue weighted by atomic mass is 35.5. The molecule has 162 valence electrons. The minimum Gasteiger partial charge on any atom is -0.336 e. The van der Waals surface area contributed by atoms with Gasteiger partial charge in [0.15, 0.2) is 0 Å². The number of aryl methyl sites for hydroxylation is 2. The van der Waals surface area contributed by atoms with Crippen molar-refractivity contribution >= 4 is 29.1 Å². The largest absolute Gasteiger partial charge is 0.336 e. The molecule has 1 heterocycles. The van der Waals surface area contributed by atoms with Crippen molar-refractivity contribution in [2.24, 2.45) is 0 Å². The Morgan fingerprint density at radius 3 is 2.23 bits per heavy atom. The van der Waals surface area contributed by atoms with Crippen molar-refractivity contribution in [3.63, 3.8) is 0 Å². The van der Waals surface area contributed by atoms with E-state index in [2.05, 4.69) is 17.0 Å². The summed E-state index contributed by atoms with van der Waals surface area (Å²) in [4.78, 5) is 31.3. The van der Waals surface area contributed by atoms with Gasteiger partial charge in [0.2, 0.25) is 5.91 Å². The molecule has 0 saturated carbocycles. The number of amides is 2. The summed E-state index contributed by atoms with van der Waals surface area (Å²) in [7, 11) is 0. The summed E-state index contributed by atoms with van der Waals surface area (Å²) < 4.78 is 0. The highest BCUT2D eigenvalue weighted by Crippen LogP contribution is 2.20. The van der Waals surface area contributed by atoms with Gasteiger partial charge in [-0.25, -0.2) is 0 Å². The standard InChI is InChI=1S/C24H27ClN4O2/c1-18-14-19(2)16-22(15-18)29(9-3-8-26)23(30)17-27-10-12-28(13-11-27)24(31)20-4-6-21(25)7-5-20/h4-7,14-16H,3,9-13,17H2,1-2H3. The van der Waals surface area contributed by atoms with Gasteiger partial charge >= 0.3 is 0 Å². The predicted molar refractivity (Wildman–Crippen MR) is 122 cm³/mol. The summed E-state index contributed by atoms with van der Waals surface area (Å²) in [6.07, 6.45) is 0.280. The van der Waals surface area contributed by atoms with Gasteiger partial charge in [-0.15, -0.1) is 0 Å². The van der Waals surface area contributed by atoms with Crippen LogP contribution in [0.2, 0.25) is 5.02 Å². The first-order valence-electron chi connectivity index (χ1n) is 10.4. The summed E-state index contributed by atoms with van der Waals surface area (Å²) in [5, 5.41) is 9.62. The molecule has 0 atom stereocenters. The second-order valence-corrected chi connectivity index (χ2v) is 8.31. The second-order valence-electron chi connectivity index (χ2n) is 7.87. The Labute approximate surface area is 188 Å². The molecule has 2 aromatic rings. The number of carbonyl (C=O) groups excluding carboxylic acids is 2. The van der Waals surface area contributed by atoms with Gasteiger partial charge in [-0.1, -0.05) is 17.7 Å². The van der Waals surface area contributed by atoms with Crippen molar-refractivity contribution in [1.82, 2.24) is 9.80 Å². The average molecular weight is 439 g/mol. The van der Waals surface area contributed by atoms with Gasteiger partial charge in [0.25, 0.3) is 5.91 Å². The maximum absolute atomic E-state index is 13.1. The molecule has 7 heteroatoms. The van der Waals surface area contributed by atoms with E-state index in [4.69, 9.17) is 16.9 Å². The van der Waals surface area contributed by atoms with E-state index < -0.39 is 0 Å². The number of nitrogens with zero attached hydrogens (tertiary/aromatic N) is 4. The summed E-state index contributed by atoms with van der Waals surface area (Å²) in [6, 6.07) is 15.0. The zero-order valence-electron chi connectivity index (χ0n) is 18.0. The molecule has 2 amide bonds. The van der Waals surface area contributed by atoms with Gasteiger partial charge < -0.3 is 9.80 Å². The molecule has 1 aliphatic heterocycles. The molecule has 1 saturated heterocycles.